The van der Waals surface area contributed by atoms with Crippen LogP contribution in [0.3, 0.4) is 0 Å². The molecule has 1 aromatic rings. The zero-order valence-corrected chi connectivity index (χ0v) is 10.6. The first kappa shape index (κ1) is 11.6. The van der Waals surface area contributed by atoms with Crippen LogP contribution >= 0.6 is 11.3 Å². The third-order valence-electron chi connectivity index (χ3n) is 2.98. The second-order valence-electron chi connectivity index (χ2n) is 4.38. The Labute approximate surface area is 100 Å². The Balaban J connectivity index is 1.95. The molecule has 0 aliphatic heterocycles. The first-order valence-corrected chi connectivity index (χ1v) is 6.63. The van der Waals surface area contributed by atoms with Crippen LogP contribution in [-0.2, 0) is 0 Å². The van der Waals surface area contributed by atoms with Gasteiger partial charge in [-0.3, -0.25) is 4.79 Å². The molecular formula is C12H18N2OS. The summed E-state index contributed by atoms with van der Waals surface area (Å²) in [5, 5.41) is 8.09. The topological polar surface area (TPSA) is 41.1 Å². The Morgan fingerprint density at radius 1 is 1.62 bits per heavy atom. The van der Waals surface area contributed by atoms with Crippen molar-refractivity contribution in [2.24, 2.45) is 0 Å². The molecule has 1 unspecified atom stereocenters. The van der Waals surface area contributed by atoms with Crippen LogP contribution < -0.4 is 10.6 Å². The Kier molecular flexibility index (Phi) is 3.61. The van der Waals surface area contributed by atoms with E-state index in [2.05, 4.69) is 23.6 Å². The number of likely N-dealkylation sites (N-methyl/N-ethyl adjacent to an activating group) is 1. The molecule has 1 aliphatic rings. The van der Waals surface area contributed by atoms with Crippen LogP contribution in [0.4, 0.5) is 0 Å². The molecule has 4 heteroatoms. The van der Waals surface area contributed by atoms with E-state index in [1.54, 1.807) is 11.3 Å². The summed E-state index contributed by atoms with van der Waals surface area (Å²) < 4.78 is 0. The minimum atomic E-state index is 0.0824. The van der Waals surface area contributed by atoms with E-state index < -0.39 is 0 Å². The van der Waals surface area contributed by atoms with E-state index in [0.717, 1.165) is 4.88 Å². The van der Waals surface area contributed by atoms with Gasteiger partial charge in [0.2, 0.25) is 0 Å². The first-order valence-electron chi connectivity index (χ1n) is 5.75. The van der Waals surface area contributed by atoms with Crippen LogP contribution in [0.5, 0.6) is 0 Å². The predicted molar refractivity (Wildman–Crippen MR) is 67.1 cm³/mol. The van der Waals surface area contributed by atoms with Gasteiger partial charge in [-0.05, 0) is 49.7 Å². The van der Waals surface area contributed by atoms with Crippen molar-refractivity contribution >= 4 is 17.2 Å². The highest BCUT2D eigenvalue weighted by molar-refractivity contribution is 7.12. The molecule has 1 fully saturated rings. The molecule has 0 radical (unpaired) electrons. The van der Waals surface area contributed by atoms with E-state index >= 15 is 0 Å². The molecule has 88 valence electrons. The molecule has 1 atom stereocenters. The van der Waals surface area contributed by atoms with Gasteiger partial charge in [0.05, 0.1) is 4.88 Å². The molecule has 2 rings (SSSR count). The standard InChI is InChI=1S/C12H18N2OS/c1-8(13-2)7-14-12(15)11-10(5-6-16-11)9-3-4-9/h5-6,8-9,13H,3-4,7H2,1-2H3,(H,14,15). The normalized spacial score (nSPS) is 17.1. The fraction of sp³-hybridized carbons (Fsp3) is 0.583. The summed E-state index contributed by atoms with van der Waals surface area (Å²) in [6, 6.07) is 2.41. The number of hydrogen-bond donors (Lipinski definition) is 2. The molecule has 0 aromatic carbocycles. The summed E-state index contributed by atoms with van der Waals surface area (Å²) >= 11 is 1.55. The largest absolute Gasteiger partial charge is 0.350 e. The zero-order valence-electron chi connectivity index (χ0n) is 9.75. The average molecular weight is 238 g/mol. The Morgan fingerprint density at radius 2 is 2.38 bits per heavy atom. The second kappa shape index (κ2) is 4.97. The number of nitrogens with one attached hydrogen (secondary N) is 2. The average Bonchev–Trinajstić information content (AvgIpc) is 3.03. The lowest BCUT2D eigenvalue weighted by molar-refractivity contribution is 0.0953. The summed E-state index contributed by atoms with van der Waals surface area (Å²) in [5.41, 5.74) is 1.25. The van der Waals surface area contributed by atoms with Gasteiger partial charge in [0.1, 0.15) is 0 Å². The van der Waals surface area contributed by atoms with Crippen molar-refractivity contribution in [1.82, 2.24) is 10.6 Å². The van der Waals surface area contributed by atoms with Crippen molar-refractivity contribution in [2.45, 2.75) is 31.7 Å². The Hall–Kier alpha value is -0.870. The number of carbonyl (C=O) groups is 1. The number of rotatable bonds is 5. The van der Waals surface area contributed by atoms with Gasteiger partial charge < -0.3 is 10.6 Å². The van der Waals surface area contributed by atoms with Crippen molar-refractivity contribution in [3.8, 4) is 0 Å². The van der Waals surface area contributed by atoms with Crippen LogP contribution in [0, 0.1) is 0 Å². The van der Waals surface area contributed by atoms with Crippen LogP contribution in [0.1, 0.15) is 40.9 Å². The van der Waals surface area contributed by atoms with Gasteiger partial charge in [-0.2, -0.15) is 0 Å². The van der Waals surface area contributed by atoms with Crippen LogP contribution in [0.2, 0.25) is 0 Å². The monoisotopic (exact) mass is 238 g/mol. The van der Waals surface area contributed by atoms with Gasteiger partial charge in [0.15, 0.2) is 0 Å². The highest BCUT2D eigenvalue weighted by Gasteiger charge is 2.28. The lowest BCUT2D eigenvalue weighted by atomic mass is 10.1. The van der Waals surface area contributed by atoms with Crippen molar-refractivity contribution in [2.75, 3.05) is 13.6 Å². The molecule has 1 saturated carbocycles. The molecule has 0 bridgehead atoms. The van der Waals surface area contributed by atoms with Crippen LogP contribution in [0.15, 0.2) is 11.4 Å². The lowest BCUT2D eigenvalue weighted by Gasteiger charge is -2.11. The fourth-order valence-corrected chi connectivity index (χ4v) is 2.55. The maximum atomic E-state index is 12.0. The number of hydrogen-bond acceptors (Lipinski definition) is 3. The Bertz CT molecular complexity index is 371. The van der Waals surface area contributed by atoms with E-state index in [9.17, 15) is 4.79 Å². The fourth-order valence-electron chi connectivity index (χ4n) is 1.65. The van der Waals surface area contributed by atoms with E-state index in [-0.39, 0.29) is 5.91 Å². The molecule has 1 aromatic heterocycles. The van der Waals surface area contributed by atoms with Crippen molar-refractivity contribution in [3.05, 3.63) is 21.9 Å². The van der Waals surface area contributed by atoms with Gasteiger partial charge in [-0.25, -0.2) is 0 Å². The van der Waals surface area contributed by atoms with E-state index in [1.807, 2.05) is 12.4 Å². The van der Waals surface area contributed by atoms with Gasteiger partial charge in [0, 0.05) is 12.6 Å². The van der Waals surface area contributed by atoms with E-state index in [0.29, 0.717) is 18.5 Å². The summed E-state index contributed by atoms with van der Waals surface area (Å²) in [4.78, 5) is 12.9. The lowest BCUT2D eigenvalue weighted by Crippen LogP contribution is -2.37. The molecule has 3 nitrogen and oxygen atoms in total. The van der Waals surface area contributed by atoms with E-state index in [1.165, 1.54) is 18.4 Å². The summed E-state index contributed by atoms with van der Waals surface area (Å²) in [5.74, 6) is 0.729. The van der Waals surface area contributed by atoms with Crippen molar-refractivity contribution < 1.29 is 4.79 Å². The molecule has 1 heterocycles. The molecule has 1 amide bonds. The smallest absolute Gasteiger partial charge is 0.261 e. The zero-order chi connectivity index (χ0) is 11.5. The van der Waals surface area contributed by atoms with E-state index in [4.69, 9.17) is 0 Å². The summed E-state index contributed by atoms with van der Waals surface area (Å²) in [7, 11) is 1.90. The molecule has 1 aliphatic carbocycles. The van der Waals surface area contributed by atoms with Gasteiger partial charge in [0.25, 0.3) is 5.91 Å². The third kappa shape index (κ3) is 2.62. The summed E-state index contributed by atoms with van der Waals surface area (Å²) in [6.45, 7) is 2.73. The van der Waals surface area contributed by atoms with Crippen molar-refractivity contribution in [1.29, 1.82) is 0 Å². The number of amides is 1. The third-order valence-corrected chi connectivity index (χ3v) is 3.91. The van der Waals surface area contributed by atoms with Gasteiger partial charge >= 0.3 is 0 Å². The van der Waals surface area contributed by atoms with Crippen molar-refractivity contribution in [3.63, 3.8) is 0 Å². The minimum absolute atomic E-state index is 0.0824. The number of carbonyl (C=O) groups excluding carboxylic acids is 1. The molecule has 2 N–H and O–H groups in total. The highest BCUT2D eigenvalue weighted by atomic mass is 32.1. The predicted octanol–water partition coefficient (Wildman–Crippen LogP) is 1.96. The maximum absolute atomic E-state index is 12.0. The van der Waals surface area contributed by atoms with Crippen LogP contribution in [0.25, 0.3) is 0 Å². The van der Waals surface area contributed by atoms with Gasteiger partial charge in [-0.1, -0.05) is 0 Å². The number of thiophene rings is 1. The minimum Gasteiger partial charge on any atom is -0.350 e. The maximum Gasteiger partial charge on any atom is 0.261 e. The molecule has 0 saturated heterocycles. The first-order chi connectivity index (χ1) is 7.72. The Morgan fingerprint density at radius 3 is 3.00 bits per heavy atom. The quantitative estimate of drug-likeness (QED) is 0.823. The summed E-state index contributed by atoms with van der Waals surface area (Å²) in [6.07, 6.45) is 2.48. The molecular weight excluding hydrogens is 220 g/mol. The molecule has 16 heavy (non-hydrogen) atoms. The highest BCUT2D eigenvalue weighted by Crippen LogP contribution is 2.43. The molecule has 0 spiro atoms. The second-order valence-corrected chi connectivity index (χ2v) is 5.30. The van der Waals surface area contributed by atoms with Crippen LogP contribution in [-0.4, -0.2) is 25.5 Å². The SMILES string of the molecule is CNC(C)CNC(=O)c1sccc1C1CC1. The van der Waals surface area contributed by atoms with Gasteiger partial charge in [-0.15, -0.1) is 11.3 Å².